The molecule has 98 valence electrons. The molecule has 0 aromatic heterocycles. The molecule has 2 fully saturated rings. The summed E-state index contributed by atoms with van der Waals surface area (Å²) in [6, 6.07) is 0. The third-order valence-electron chi connectivity index (χ3n) is 3.35. The molecule has 0 radical (unpaired) electrons. The lowest BCUT2D eigenvalue weighted by Crippen LogP contribution is -2.63. The monoisotopic (exact) mass is 261 g/mol. The Hall–Kier alpha value is -0.300. The molecular formula is C11H19NO4S. The largest absolute Gasteiger partial charge is 0.394 e. The minimum Gasteiger partial charge on any atom is -0.394 e. The van der Waals surface area contributed by atoms with Crippen molar-refractivity contribution in [1.82, 2.24) is 4.90 Å². The van der Waals surface area contributed by atoms with E-state index in [1.165, 1.54) is 0 Å². The number of amides is 1. The molecule has 2 aliphatic rings. The van der Waals surface area contributed by atoms with Crippen LogP contribution in [0.5, 0.6) is 0 Å². The zero-order valence-corrected chi connectivity index (χ0v) is 11.1. The van der Waals surface area contributed by atoms with Crippen LogP contribution in [0.4, 0.5) is 0 Å². The topological polar surface area (TPSA) is 59.0 Å². The van der Waals surface area contributed by atoms with E-state index in [1.54, 1.807) is 4.90 Å². The highest BCUT2D eigenvalue weighted by Gasteiger charge is 2.48. The maximum Gasteiger partial charge on any atom is 0.224 e. The summed E-state index contributed by atoms with van der Waals surface area (Å²) in [5, 5.41) is 9.63. The zero-order chi connectivity index (χ0) is 12.7. The molecule has 0 spiro atoms. The van der Waals surface area contributed by atoms with Crippen molar-refractivity contribution in [3.8, 4) is 0 Å². The SMILES string of the molecule is CC1(C)OCC(CO)(N2CC(S)CC2=O)CO1. The van der Waals surface area contributed by atoms with Gasteiger partial charge < -0.3 is 19.5 Å². The third kappa shape index (κ3) is 2.45. The van der Waals surface area contributed by atoms with Crippen LogP contribution in [0.1, 0.15) is 20.3 Å². The van der Waals surface area contributed by atoms with Crippen LogP contribution in [0.15, 0.2) is 0 Å². The van der Waals surface area contributed by atoms with Gasteiger partial charge in [0, 0.05) is 18.2 Å². The number of nitrogens with zero attached hydrogens (tertiary/aromatic N) is 1. The van der Waals surface area contributed by atoms with Gasteiger partial charge in [-0.25, -0.2) is 0 Å². The van der Waals surface area contributed by atoms with E-state index in [2.05, 4.69) is 12.6 Å². The van der Waals surface area contributed by atoms with Gasteiger partial charge in [0.1, 0.15) is 5.54 Å². The summed E-state index contributed by atoms with van der Waals surface area (Å²) >= 11 is 4.32. The molecule has 5 nitrogen and oxygen atoms in total. The molecular weight excluding hydrogens is 242 g/mol. The highest BCUT2D eigenvalue weighted by molar-refractivity contribution is 7.81. The van der Waals surface area contributed by atoms with Gasteiger partial charge in [0.05, 0.1) is 19.8 Å². The second-order valence-electron chi connectivity index (χ2n) is 5.22. The predicted octanol–water partition coefficient (Wildman–Crippen LogP) is 0.0311. The number of thiol groups is 1. The molecule has 6 heteroatoms. The molecule has 1 unspecified atom stereocenters. The Balaban J connectivity index is 2.13. The van der Waals surface area contributed by atoms with E-state index >= 15 is 0 Å². The molecule has 1 N–H and O–H groups in total. The Morgan fingerprint density at radius 2 is 2.06 bits per heavy atom. The van der Waals surface area contributed by atoms with Gasteiger partial charge in [-0.3, -0.25) is 4.79 Å². The molecule has 1 atom stereocenters. The minimum absolute atomic E-state index is 0.00551. The first-order valence-corrected chi connectivity index (χ1v) is 6.27. The minimum atomic E-state index is -0.746. The van der Waals surface area contributed by atoms with Crippen molar-refractivity contribution >= 4 is 18.5 Å². The highest BCUT2D eigenvalue weighted by atomic mass is 32.1. The Labute approximate surface area is 106 Å². The van der Waals surface area contributed by atoms with Gasteiger partial charge >= 0.3 is 0 Å². The number of hydrogen-bond acceptors (Lipinski definition) is 5. The lowest BCUT2D eigenvalue weighted by Gasteiger charge is -2.47. The highest BCUT2D eigenvalue weighted by Crippen LogP contribution is 2.32. The van der Waals surface area contributed by atoms with Crippen molar-refractivity contribution < 1.29 is 19.4 Å². The smallest absolute Gasteiger partial charge is 0.224 e. The standard InChI is InChI=1S/C11H19NO4S/c1-10(2)15-6-11(5-13,7-16-10)12-4-8(17)3-9(12)14/h8,13,17H,3-7H2,1-2H3. The molecule has 17 heavy (non-hydrogen) atoms. The molecule has 2 rings (SSSR count). The number of aliphatic hydroxyl groups is 1. The third-order valence-corrected chi connectivity index (χ3v) is 3.69. The van der Waals surface area contributed by atoms with Crippen molar-refractivity contribution in [2.24, 2.45) is 0 Å². The summed E-state index contributed by atoms with van der Waals surface area (Å²) in [5.41, 5.74) is -0.746. The summed E-state index contributed by atoms with van der Waals surface area (Å²) in [6.07, 6.45) is 0.411. The molecule has 2 aliphatic heterocycles. The molecule has 2 saturated heterocycles. The van der Waals surface area contributed by atoms with Gasteiger partial charge in [0.15, 0.2) is 5.79 Å². The lowest BCUT2D eigenvalue weighted by molar-refractivity contribution is -0.288. The Morgan fingerprint density at radius 3 is 2.47 bits per heavy atom. The van der Waals surface area contributed by atoms with Gasteiger partial charge in [-0.15, -0.1) is 0 Å². The summed E-state index contributed by atoms with van der Waals surface area (Å²) in [4.78, 5) is 13.5. The average Bonchev–Trinajstić information content (AvgIpc) is 2.60. The number of carbonyl (C=O) groups excluding carboxylic acids is 1. The van der Waals surface area contributed by atoms with Crippen LogP contribution >= 0.6 is 12.6 Å². The van der Waals surface area contributed by atoms with Gasteiger partial charge in [-0.05, 0) is 13.8 Å². The van der Waals surface area contributed by atoms with Crippen LogP contribution in [0, 0.1) is 0 Å². The molecule has 2 heterocycles. The first kappa shape index (κ1) is 13.1. The van der Waals surface area contributed by atoms with E-state index in [4.69, 9.17) is 9.47 Å². The predicted molar refractivity (Wildman–Crippen MR) is 64.9 cm³/mol. The zero-order valence-electron chi connectivity index (χ0n) is 10.2. The fraction of sp³-hybridized carbons (Fsp3) is 0.909. The van der Waals surface area contributed by atoms with Crippen LogP contribution in [-0.2, 0) is 14.3 Å². The number of hydrogen-bond donors (Lipinski definition) is 2. The second kappa shape index (κ2) is 4.42. The molecule has 0 aliphatic carbocycles. The van der Waals surface area contributed by atoms with Crippen molar-refractivity contribution in [2.45, 2.75) is 36.8 Å². The van der Waals surface area contributed by atoms with Crippen LogP contribution in [0.2, 0.25) is 0 Å². The quantitative estimate of drug-likeness (QED) is 0.689. The van der Waals surface area contributed by atoms with Crippen molar-refractivity contribution in [3.63, 3.8) is 0 Å². The fourth-order valence-corrected chi connectivity index (χ4v) is 2.50. The molecule has 0 aromatic rings. The van der Waals surface area contributed by atoms with Crippen molar-refractivity contribution in [3.05, 3.63) is 0 Å². The molecule has 1 amide bonds. The number of aliphatic hydroxyl groups excluding tert-OH is 1. The fourth-order valence-electron chi connectivity index (χ4n) is 2.18. The maximum absolute atomic E-state index is 11.9. The van der Waals surface area contributed by atoms with Crippen molar-refractivity contribution in [2.75, 3.05) is 26.4 Å². The van der Waals surface area contributed by atoms with E-state index < -0.39 is 11.3 Å². The van der Waals surface area contributed by atoms with E-state index in [0.29, 0.717) is 26.2 Å². The Bertz CT molecular complexity index is 311. The van der Waals surface area contributed by atoms with E-state index in [1.807, 2.05) is 13.8 Å². The number of likely N-dealkylation sites (tertiary alicyclic amines) is 1. The number of rotatable bonds is 2. The number of ether oxygens (including phenoxy) is 2. The normalized spacial score (nSPS) is 31.9. The average molecular weight is 261 g/mol. The van der Waals surface area contributed by atoms with Gasteiger partial charge in [0.2, 0.25) is 5.91 Å². The van der Waals surface area contributed by atoms with Gasteiger partial charge in [-0.1, -0.05) is 0 Å². The van der Waals surface area contributed by atoms with E-state index in [0.717, 1.165) is 0 Å². The van der Waals surface area contributed by atoms with Crippen LogP contribution in [0.25, 0.3) is 0 Å². The Morgan fingerprint density at radius 1 is 1.47 bits per heavy atom. The van der Waals surface area contributed by atoms with Crippen molar-refractivity contribution in [1.29, 1.82) is 0 Å². The summed E-state index contributed by atoms with van der Waals surface area (Å²) in [7, 11) is 0. The summed E-state index contributed by atoms with van der Waals surface area (Å²) in [6.45, 7) is 4.61. The van der Waals surface area contributed by atoms with Crippen LogP contribution < -0.4 is 0 Å². The summed E-state index contributed by atoms with van der Waals surface area (Å²) < 4.78 is 11.1. The van der Waals surface area contributed by atoms with Crippen LogP contribution in [-0.4, -0.2) is 58.9 Å². The van der Waals surface area contributed by atoms with Gasteiger partial charge in [0.25, 0.3) is 0 Å². The first-order chi connectivity index (χ1) is 7.88. The second-order valence-corrected chi connectivity index (χ2v) is 5.95. The number of carbonyl (C=O) groups is 1. The molecule has 0 saturated carbocycles. The summed E-state index contributed by atoms with van der Waals surface area (Å²) in [5.74, 6) is -0.645. The van der Waals surface area contributed by atoms with Crippen LogP contribution in [0.3, 0.4) is 0 Å². The molecule has 0 aromatic carbocycles. The Kier molecular flexibility index (Phi) is 3.42. The molecule has 0 bridgehead atoms. The van der Waals surface area contributed by atoms with E-state index in [9.17, 15) is 9.90 Å². The lowest BCUT2D eigenvalue weighted by atomic mass is 9.99. The first-order valence-electron chi connectivity index (χ1n) is 5.76. The van der Waals surface area contributed by atoms with Gasteiger partial charge in [-0.2, -0.15) is 12.6 Å². The van der Waals surface area contributed by atoms with E-state index in [-0.39, 0.29) is 17.8 Å². The maximum atomic E-state index is 11.9.